The van der Waals surface area contributed by atoms with Gasteiger partial charge in [-0.25, -0.2) is 8.42 Å². The minimum Gasteiger partial charge on any atom is -0.341 e. The van der Waals surface area contributed by atoms with Gasteiger partial charge < -0.3 is 4.90 Å². The summed E-state index contributed by atoms with van der Waals surface area (Å²) in [6.07, 6.45) is 2.06. The van der Waals surface area contributed by atoms with E-state index in [0.717, 1.165) is 29.5 Å². The number of hydrogen-bond donors (Lipinski definition) is 0. The number of anilines is 1. The predicted octanol–water partition coefficient (Wildman–Crippen LogP) is 4.07. The van der Waals surface area contributed by atoms with Crippen LogP contribution in [0.1, 0.15) is 36.5 Å². The average Bonchev–Trinajstić information content (AvgIpc) is 2.65. The Hall–Kier alpha value is -2.34. The number of hydrogen-bond acceptors (Lipinski definition) is 3. The van der Waals surface area contributed by atoms with Crippen LogP contribution in [0.25, 0.3) is 0 Å². The van der Waals surface area contributed by atoms with Gasteiger partial charge in [-0.05, 0) is 74.9 Å². The molecule has 1 heterocycles. The van der Waals surface area contributed by atoms with Crippen LogP contribution in [-0.4, -0.2) is 38.9 Å². The monoisotopic (exact) mass is 414 g/mol. The summed E-state index contributed by atoms with van der Waals surface area (Å²) in [5, 5.41) is 0. The van der Waals surface area contributed by atoms with Crippen LogP contribution < -0.4 is 4.31 Å². The summed E-state index contributed by atoms with van der Waals surface area (Å²) < 4.78 is 28.3. The first-order chi connectivity index (χ1) is 13.7. The molecule has 0 spiro atoms. The quantitative estimate of drug-likeness (QED) is 0.741. The van der Waals surface area contributed by atoms with Gasteiger partial charge in [0.1, 0.15) is 6.54 Å². The Labute approximate surface area is 174 Å². The van der Waals surface area contributed by atoms with Crippen LogP contribution in [0.2, 0.25) is 0 Å². The Bertz CT molecular complexity index is 963. The summed E-state index contributed by atoms with van der Waals surface area (Å²) in [5.74, 6) is 0.294. The van der Waals surface area contributed by atoms with Crippen LogP contribution in [0.4, 0.5) is 5.69 Å². The van der Waals surface area contributed by atoms with E-state index >= 15 is 0 Å². The summed E-state index contributed by atoms with van der Waals surface area (Å²) in [4.78, 5) is 15.0. The van der Waals surface area contributed by atoms with Crippen LogP contribution in [-0.2, 0) is 14.8 Å². The molecular formula is C23H30N2O3S. The Balaban J connectivity index is 1.99. The van der Waals surface area contributed by atoms with Gasteiger partial charge in [-0.1, -0.05) is 30.7 Å². The van der Waals surface area contributed by atoms with Gasteiger partial charge >= 0.3 is 0 Å². The molecule has 1 saturated heterocycles. The summed E-state index contributed by atoms with van der Waals surface area (Å²) >= 11 is 0. The fourth-order valence-corrected chi connectivity index (χ4v) is 5.28. The zero-order chi connectivity index (χ0) is 21.2. The summed E-state index contributed by atoms with van der Waals surface area (Å²) in [6.45, 7) is 9.09. The summed E-state index contributed by atoms with van der Waals surface area (Å²) in [5.41, 5.74) is 3.44. The lowest BCUT2D eigenvalue weighted by molar-refractivity contribution is -0.131. The third-order valence-corrected chi connectivity index (χ3v) is 7.18. The maximum atomic E-state index is 13.5. The number of rotatable bonds is 5. The second-order valence-corrected chi connectivity index (χ2v) is 10.1. The first kappa shape index (κ1) is 21.4. The van der Waals surface area contributed by atoms with Crippen LogP contribution in [0, 0.1) is 26.7 Å². The highest BCUT2D eigenvalue weighted by Gasteiger charge is 2.30. The normalized spacial score (nSPS) is 17.2. The van der Waals surface area contributed by atoms with E-state index in [0.29, 0.717) is 24.7 Å². The maximum absolute atomic E-state index is 13.5. The SMILES string of the molecule is Cc1ccc(S(=O)(=O)N(CC(=O)N2CCC[C@@H](C)C2)c2cc(C)cc(C)c2)cc1. The molecule has 6 heteroatoms. The molecule has 156 valence electrons. The molecule has 0 bridgehead atoms. The highest BCUT2D eigenvalue weighted by atomic mass is 32.2. The van der Waals surface area contributed by atoms with Crippen LogP contribution in [0.5, 0.6) is 0 Å². The third-order valence-electron chi connectivity index (χ3n) is 5.39. The Kier molecular flexibility index (Phi) is 6.32. The topological polar surface area (TPSA) is 57.7 Å². The number of likely N-dealkylation sites (tertiary alicyclic amines) is 1. The van der Waals surface area contributed by atoms with Crippen molar-refractivity contribution in [2.45, 2.75) is 45.4 Å². The number of aryl methyl sites for hydroxylation is 3. The first-order valence-corrected chi connectivity index (χ1v) is 11.6. The van der Waals surface area contributed by atoms with E-state index in [9.17, 15) is 13.2 Å². The minimum atomic E-state index is -3.87. The van der Waals surface area contributed by atoms with Crippen molar-refractivity contribution in [3.05, 3.63) is 59.2 Å². The molecule has 0 aliphatic carbocycles. The second-order valence-electron chi connectivity index (χ2n) is 8.26. The van der Waals surface area contributed by atoms with Gasteiger partial charge in [0.25, 0.3) is 10.0 Å². The van der Waals surface area contributed by atoms with Gasteiger partial charge in [0.2, 0.25) is 5.91 Å². The molecule has 0 N–H and O–H groups in total. The van der Waals surface area contributed by atoms with Crippen molar-refractivity contribution in [1.82, 2.24) is 4.90 Å². The molecule has 5 nitrogen and oxygen atoms in total. The van der Waals surface area contributed by atoms with Crippen LogP contribution in [0.15, 0.2) is 47.4 Å². The van der Waals surface area contributed by atoms with Crippen molar-refractivity contribution in [3.63, 3.8) is 0 Å². The molecule has 3 rings (SSSR count). The van der Waals surface area contributed by atoms with E-state index in [1.165, 1.54) is 4.31 Å². The summed E-state index contributed by atoms with van der Waals surface area (Å²) in [6, 6.07) is 12.4. The molecular weight excluding hydrogens is 384 g/mol. The largest absolute Gasteiger partial charge is 0.341 e. The molecule has 2 aromatic carbocycles. The molecule has 0 radical (unpaired) electrons. The lowest BCUT2D eigenvalue weighted by Crippen LogP contribution is -2.46. The van der Waals surface area contributed by atoms with E-state index in [1.807, 2.05) is 39.0 Å². The average molecular weight is 415 g/mol. The third kappa shape index (κ3) is 4.99. The zero-order valence-electron chi connectivity index (χ0n) is 17.7. The van der Waals surface area contributed by atoms with E-state index in [4.69, 9.17) is 0 Å². The van der Waals surface area contributed by atoms with E-state index in [1.54, 1.807) is 29.2 Å². The number of carbonyl (C=O) groups excluding carboxylic acids is 1. The zero-order valence-corrected chi connectivity index (χ0v) is 18.5. The molecule has 0 aromatic heterocycles. The summed E-state index contributed by atoms with van der Waals surface area (Å²) in [7, 11) is -3.87. The molecule has 29 heavy (non-hydrogen) atoms. The highest BCUT2D eigenvalue weighted by molar-refractivity contribution is 7.92. The molecule has 1 atom stereocenters. The smallest absolute Gasteiger partial charge is 0.264 e. The lowest BCUT2D eigenvalue weighted by Gasteiger charge is -2.33. The fourth-order valence-electron chi connectivity index (χ4n) is 3.89. The van der Waals surface area contributed by atoms with E-state index in [-0.39, 0.29) is 17.3 Å². The van der Waals surface area contributed by atoms with Gasteiger partial charge in [0.05, 0.1) is 10.6 Å². The van der Waals surface area contributed by atoms with Gasteiger partial charge in [-0.2, -0.15) is 0 Å². The maximum Gasteiger partial charge on any atom is 0.264 e. The lowest BCUT2D eigenvalue weighted by atomic mass is 10.0. The van der Waals surface area contributed by atoms with Crippen molar-refractivity contribution in [1.29, 1.82) is 0 Å². The van der Waals surface area contributed by atoms with Gasteiger partial charge in [-0.3, -0.25) is 9.10 Å². The van der Waals surface area contributed by atoms with Gasteiger partial charge in [-0.15, -0.1) is 0 Å². The number of sulfonamides is 1. The van der Waals surface area contributed by atoms with E-state index < -0.39 is 10.0 Å². The van der Waals surface area contributed by atoms with Crippen molar-refractivity contribution >= 4 is 21.6 Å². The number of carbonyl (C=O) groups is 1. The van der Waals surface area contributed by atoms with E-state index in [2.05, 4.69) is 6.92 Å². The predicted molar refractivity (Wildman–Crippen MR) is 117 cm³/mol. The van der Waals surface area contributed by atoms with Crippen LogP contribution >= 0.6 is 0 Å². The molecule has 1 fully saturated rings. The molecule has 1 amide bonds. The van der Waals surface area contributed by atoms with Crippen molar-refractivity contribution < 1.29 is 13.2 Å². The second kappa shape index (κ2) is 8.57. The molecule has 1 aliphatic heterocycles. The Morgan fingerprint density at radius 1 is 1.03 bits per heavy atom. The number of piperidine rings is 1. The van der Waals surface area contributed by atoms with Crippen molar-refractivity contribution in [2.75, 3.05) is 23.9 Å². The Morgan fingerprint density at radius 2 is 1.66 bits per heavy atom. The molecule has 1 aliphatic rings. The van der Waals surface area contributed by atoms with Crippen LogP contribution in [0.3, 0.4) is 0 Å². The molecule has 2 aromatic rings. The Morgan fingerprint density at radius 3 is 2.24 bits per heavy atom. The highest BCUT2D eigenvalue weighted by Crippen LogP contribution is 2.27. The van der Waals surface area contributed by atoms with Gasteiger partial charge in [0.15, 0.2) is 0 Å². The molecule has 0 unspecified atom stereocenters. The first-order valence-electron chi connectivity index (χ1n) is 10.1. The number of nitrogens with zero attached hydrogens (tertiary/aromatic N) is 2. The van der Waals surface area contributed by atoms with Gasteiger partial charge in [0, 0.05) is 13.1 Å². The fraction of sp³-hybridized carbons (Fsp3) is 0.435. The minimum absolute atomic E-state index is 0.147. The number of amides is 1. The van der Waals surface area contributed by atoms with Crippen molar-refractivity contribution in [2.24, 2.45) is 5.92 Å². The standard InChI is InChI=1S/C23H30N2O3S/c1-17-7-9-22(10-8-17)29(27,28)25(21-13-19(3)12-20(4)14-21)16-23(26)24-11-5-6-18(2)15-24/h7-10,12-14,18H,5-6,11,15-16H2,1-4H3/t18-/m1/s1. The number of benzene rings is 2. The molecule has 0 saturated carbocycles. The van der Waals surface area contributed by atoms with Crippen molar-refractivity contribution in [3.8, 4) is 0 Å².